The van der Waals surface area contributed by atoms with Gasteiger partial charge in [-0.1, -0.05) is 96.1 Å². The van der Waals surface area contributed by atoms with Crippen molar-refractivity contribution in [3.8, 4) is 0 Å². The van der Waals surface area contributed by atoms with Gasteiger partial charge in [0.25, 0.3) is 15.7 Å². The van der Waals surface area contributed by atoms with Gasteiger partial charge in [-0.15, -0.1) is 0 Å². The molecule has 0 radical (unpaired) electrons. The van der Waals surface area contributed by atoms with Gasteiger partial charge in [-0.05, 0) is 35.6 Å². The highest BCUT2D eigenvalue weighted by molar-refractivity contribution is 7.86. The fraction of sp³-hybridized carbons (Fsp3) is 0.312. The first-order valence-corrected chi connectivity index (χ1v) is 16.0. The predicted octanol–water partition coefficient (Wildman–Crippen LogP) is 4.56. The molecule has 0 aliphatic carbocycles. The molecule has 0 bridgehead atoms. The standard InChI is InChI=1S/C32H33N5O7S/c1-23-21-37(31(39)35-30(23)38)29-20-27(44-45(40,41)19-11-18-34-36-33)28(43-29)22-42-32(24-12-5-2-6-13-24,25-14-7-3-8-15-25)26-16-9-4-10-17-26/h2-10,12-17,21,27-29H,11,18-20,22H2,1H3,(H,35,38,39)/t27-,28-,29-/m1/s1. The van der Waals surface area contributed by atoms with Crippen molar-refractivity contribution in [1.82, 2.24) is 9.55 Å². The second-order valence-electron chi connectivity index (χ2n) is 10.6. The van der Waals surface area contributed by atoms with E-state index in [4.69, 9.17) is 19.2 Å². The van der Waals surface area contributed by atoms with Crippen LogP contribution in [0.2, 0.25) is 0 Å². The van der Waals surface area contributed by atoms with E-state index in [9.17, 15) is 18.0 Å². The number of azide groups is 1. The molecule has 1 saturated heterocycles. The molecule has 1 aliphatic heterocycles. The lowest BCUT2D eigenvalue weighted by molar-refractivity contribution is -0.0911. The Hall–Kier alpha value is -4.52. The summed E-state index contributed by atoms with van der Waals surface area (Å²) in [5, 5.41) is 3.39. The second-order valence-corrected chi connectivity index (χ2v) is 12.4. The zero-order valence-corrected chi connectivity index (χ0v) is 25.4. The van der Waals surface area contributed by atoms with Gasteiger partial charge in [0.2, 0.25) is 0 Å². The monoisotopic (exact) mass is 631 g/mol. The number of rotatable bonds is 13. The van der Waals surface area contributed by atoms with E-state index in [1.165, 1.54) is 10.8 Å². The minimum Gasteiger partial charge on any atom is -0.358 e. The Morgan fingerprint density at radius 1 is 0.978 bits per heavy atom. The zero-order valence-electron chi connectivity index (χ0n) is 24.6. The quantitative estimate of drug-likeness (QED) is 0.0564. The van der Waals surface area contributed by atoms with E-state index < -0.39 is 45.4 Å². The summed E-state index contributed by atoms with van der Waals surface area (Å²) < 4.78 is 46.1. The van der Waals surface area contributed by atoms with Gasteiger partial charge in [-0.3, -0.25) is 18.5 Å². The molecule has 3 atom stereocenters. The summed E-state index contributed by atoms with van der Waals surface area (Å²) in [6.45, 7) is 1.43. The van der Waals surface area contributed by atoms with Crippen molar-refractivity contribution in [3.63, 3.8) is 0 Å². The molecule has 0 saturated carbocycles. The number of hydrogen-bond donors (Lipinski definition) is 1. The molecular weight excluding hydrogens is 598 g/mol. The number of aromatic amines is 1. The molecule has 1 aromatic heterocycles. The van der Waals surface area contributed by atoms with Crippen molar-refractivity contribution >= 4 is 10.1 Å². The maximum absolute atomic E-state index is 13.0. The Kier molecular flexibility index (Phi) is 9.96. The van der Waals surface area contributed by atoms with Gasteiger partial charge >= 0.3 is 5.69 Å². The van der Waals surface area contributed by atoms with Crippen LogP contribution in [0, 0.1) is 6.92 Å². The Morgan fingerprint density at radius 3 is 2.07 bits per heavy atom. The normalized spacial score (nSPS) is 18.4. The Morgan fingerprint density at radius 2 is 1.53 bits per heavy atom. The minimum absolute atomic E-state index is 0.00474. The lowest BCUT2D eigenvalue weighted by Gasteiger charge is -2.37. The molecule has 4 aromatic rings. The van der Waals surface area contributed by atoms with Crippen LogP contribution in [0.1, 0.15) is 41.3 Å². The van der Waals surface area contributed by atoms with E-state index in [-0.39, 0.29) is 37.3 Å². The summed E-state index contributed by atoms with van der Waals surface area (Å²) in [7, 11) is -4.08. The number of H-pyrrole nitrogens is 1. The molecule has 3 aromatic carbocycles. The van der Waals surface area contributed by atoms with Crippen molar-refractivity contribution in [2.75, 3.05) is 18.9 Å². The lowest BCUT2D eigenvalue weighted by Crippen LogP contribution is -2.39. The van der Waals surface area contributed by atoms with E-state index >= 15 is 0 Å². The van der Waals surface area contributed by atoms with Crippen molar-refractivity contribution in [3.05, 3.63) is 151 Å². The van der Waals surface area contributed by atoms with Gasteiger partial charge in [0, 0.05) is 29.6 Å². The summed E-state index contributed by atoms with van der Waals surface area (Å²) in [5.41, 5.74) is 9.00. The predicted molar refractivity (Wildman–Crippen MR) is 167 cm³/mol. The third kappa shape index (κ3) is 7.25. The van der Waals surface area contributed by atoms with Crippen molar-refractivity contribution in [1.29, 1.82) is 0 Å². The van der Waals surface area contributed by atoms with Crippen LogP contribution in [-0.4, -0.2) is 49.1 Å². The molecule has 1 N–H and O–H groups in total. The molecule has 1 fully saturated rings. The first-order chi connectivity index (χ1) is 21.7. The summed E-state index contributed by atoms with van der Waals surface area (Å²) in [6, 6.07) is 29.0. The SMILES string of the molecule is Cc1cn([C@H]2C[C@@H](OS(=O)(=O)CCCN=[N+]=[N-])[C@@H](COC(c3ccccc3)(c3ccccc3)c3ccccc3)O2)c(=O)[nH]c1=O. The number of hydrogen-bond acceptors (Lipinski definition) is 8. The average Bonchev–Trinajstić information content (AvgIpc) is 3.44. The summed E-state index contributed by atoms with van der Waals surface area (Å²) in [4.78, 5) is 29.7. The van der Waals surface area contributed by atoms with Crippen LogP contribution in [0.4, 0.5) is 0 Å². The Balaban J connectivity index is 1.52. The number of nitrogens with zero attached hydrogens (tertiary/aromatic N) is 4. The molecule has 0 unspecified atom stereocenters. The van der Waals surface area contributed by atoms with E-state index in [0.29, 0.717) is 0 Å². The first-order valence-electron chi connectivity index (χ1n) is 14.4. The Bertz CT molecular complexity index is 1760. The third-order valence-corrected chi connectivity index (χ3v) is 8.96. The third-order valence-electron chi connectivity index (χ3n) is 7.63. The fourth-order valence-corrected chi connectivity index (χ4v) is 6.65. The molecule has 1 aliphatic rings. The van der Waals surface area contributed by atoms with Crippen LogP contribution >= 0.6 is 0 Å². The zero-order chi connectivity index (χ0) is 31.9. The first kappa shape index (κ1) is 31.9. The molecule has 0 amide bonds. The highest BCUT2D eigenvalue weighted by atomic mass is 32.2. The van der Waals surface area contributed by atoms with Crippen LogP contribution < -0.4 is 11.2 Å². The maximum Gasteiger partial charge on any atom is 0.330 e. The fourth-order valence-electron chi connectivity index (χ4n) is 5.49. The average molecular weight is 632 g/mol. The Labute approximate surface area is 260 Å². The molecule has 234 valence electrons. The second kappa shape index (κ2) is 14.1. The number of aryl methyl sites for hydroxylation is 1. The largest absolute Gasteiger partial charge is 0.358 e. The lowest BCUT2D eigenvalue weighted by atomic mass is 9.80. The van der Waals surface area contributed by atoms with Crippen molar-refractivity contribution in [2.45, 2.75) is 43.8 Å². The maximum atomic E-state index is 13.0. The molecule has 2 heterocycles. The van der Waals surface area contributed by atoms with E-state index in [2.05, 4.69) is 15.0 Å². The summed E-state index contributed by atoms with van der Waals surface area (Å²) in [5.74, 6) is -0.375. The number of nitrogens with one attached hydrogen (secondary N) is 1. The topological polar surface area (TPSA) is 165 Å². The van der Waals surface area contributed by atoms with Crippen LogP contribution in [0.5, 0.6) is 0 Å². The van der Waals surface area contributed by atoms with E-state index in [1.54, 1.807) is 6.92 Å². The number of ether oxygens (including phenoxy) is 2. The van der Waals surface area contributed by atoms with E-state index in [1.807, 2.05) is 91.0 Å². The van der Waals surface area contributed by atoms with Crippen LogP contribution in [-0.2, 0) is 29.4 Å². The van der Waals surface area contributed by atoms with Crippen molar-refractivity contribution in [2.24, 2.45) is 5.11 Å². The summed E-state index contributed by atoms with van der Waals surface area (Å²) in [6.07, 6.45) is -1.46. The number of benzene rings is 3. The molecule has 13 heteroatoms. The molecular formula is C32H33N5O7S. The van der Waals surface area contributed by atoms with Crippen LogP contribution in [0.25, 0.3) is 10.4 Å². The highest BCUT2D eigenvalue weighted by Crippen LogP contribution is 2.42. The highest BCUT2D eigenvalue weighted by Gasteiger charge is 2.44. The van der Waals surface area contributed by atoms with Gasteiger partial charge in [-0.2, -0.15) is 8.42 Å². The van der Waals surface area contributed by atoms with Gasteiger partial charge in [0.05, 0.1) is 12.4 Å². The number of aromatic nitrogens is 2. The molecule has 5 rings (SSSR count). The minimum atomic E-state index is -4.08. The molecule has 45 heavy (non-hydrogen) atoms. The van der Waals surface area contributed by atoms with Gasteiger partial charge in [-0.25, -0.2) is 4.79 Å². The summed E-state index contributed by atoms with van der Waals surface area (Å²) >= 11 is 0. The van der Waals surface area contributed by atoms with Crippen molar-refractivity contribution < 1.29 is 22.1 Å². The van der Waals surface area contributed by atoms with E-state index in [0.717, 1.165) is 16.7 Å². The smallest absolute Gasteiger partial charge is 0.330 e. The molecule has 0 spiro atoms. The van der Waals surface area contributed by atoms with Gasteiger partial charge in [0.15, 0.2) is 0 Å². The van der Waals surface area contributed by atoms with Gasteiger partial charge in [0.1, 0.15) is 24.0 Å². The van der Waals surface area contributed by atoms with Gasteiger partial charge < -0.3 is 9.47 Å². The van der Waals surface area contributed by atoms with Crippen LogP contribution in [0.15, 0.2) is 112 Å². The van der Waals surface area contributed by atoms with Crippen LogP contribution in [0.3, 0.4) is 0 Å². The molecule has 12 nitrogen and oxygen atoms in total.